The Morgan fingerprint density at radius 3 is 2.68 bits per heavy atom. The fraction of sp³-hybridized carbons (Fsp3) is 0.429. The maximum atomic E-state index is 11.0. The number of ether oxygens (including phenoxy) is 1. The molecule has 1 N–H and O–H groups in total. The van der Waals surface area contributed by atoms with Crippen molar-refractivity contribution in [2.24, 2.45) is 0 Å². The highest BCUT2D eigenvalue weighted by Gasteiger charge is 2.29. The van der Waals surface area contributed by atoms with Crippen molar-refractivity contribution in [2.45, 2.75) is 39.2 Å². The molecule has 5 heteroatoms. The Kier molecular flexibility index (Phi) is 3.22. The van der Waals surface area contributed by atoms with Crippen molar-refractivity contribution in [1.29, 1.82) is 0 Å². The molecule has 2 rings (SSSR count). The standard InChI is InChI=1S/C14H17NO4/c1-8(2)12-15-10-6-5-9(7-11(10)18-12)19-14(3,4)13(16)17/h5-8H,1-4H3,(H,16,17). The van der Waals surface area contributed by atoms with Crippen LogP contribution in [0.1, 0.15) is 39.5 Å². The summed E-state index contributed by atoms with van der Waals surface area (Å²) in [6.45, 7) is 6.99. The van der Waals surface area contributed by atoms with Crippen molar-refractivity contribution in [3.05, 3.63) is 24.1 Å². The highest BCUT2D eigenvalue weighted by Crippen LogP contribution is 2.26. The maximum Gasteiger partial charge on any atom is 0.347 e. The molecular weight excluding hydrogens is 246 g/mol. The monoisotopic (exact) mass is 263 g/mol. The van der Waals surface area contributed by atoms with Crippen molar-refractivity contribution in [1.82, 2.24) is 4.98 Å². The summed E-state index contributed by atoms with van der Waals surface area (Å²) in [5.74, 6) is 0.288. The van der Waals surface area contributed by atoms with Gasteiger partial charge < -0.3 is 14.3 Å². The lowest BCUT2D eigenvalue weighted by atomic mass is 10.1. The zero-order chi connectivity index (χ0) is 14.2. The summed E-state index contributed by atoms with van der Waals surface area (Å²) in [5.41, 5.74) is 0.0563. The molecule has 0 aliphatic rings. The van der Waals surface area contributed by atoms with Crippen LogP contribution in [0.5, 0.6) is 5.75 Å². The molecule has 1 aromatic heterocycles. The largest absolute Gasteiger partial charge is 0.478 e. The van der Waals surface area contributed by atoms with E-state index in [1.807, 2.05) is 13.8 Å². The summed E-state index contributed by atoms with van der Waals surface area (Å²) in [5, 5.41) is 9.03. The molecule has 0 saturated carbocycles. The summed E-state index contributed by atoms with van der Waals surface area (Å²) in [6, 6.07) is 5.12. The summed E-state index contributed by atoms with van der Waals surface area (Å²) in [4.78, 5) is 15.4. The molecule has 2 aromatic rings. The van der Waals surface area contributed by atoms with Gasteiger partial charge >= 0.3 is 5.97 Å². The molecule has 0 aliphatic heterocycles. The predicted molar refractivity (Wildman–Crippen MR) is 70.4 cm³/mol. The predicted octanol–water partition coefficient (Wildman–Crippen LogP) is 3.19. The van der Waals surface area contributed by atoms with Gasteiger partial charge in [-0.1, -0.05) is 13.8 Å². The molecule has 0 atom stereocenters. The van der Waals surface area contributed by atoms with E-state index < -0.39 is 11.6 Å². The van der Waals surface area contributed by atoms with Gasteiger partial charge in [0.1, 0.15) is 11.3 Å². The van der Waals surface area contributed by atoms with E-state index in [-0.39, 0.29) is 5.92 Å². The number of hydrogen-bond acceptors (Lipinski definition) is 4. The number of aromatic nitrogens is 1. The maximum absolute atomic E-state index is 11.0. The SMILES string of the molecule is CC(C)c1nc2ccc(OC(C)(C)C(=O)O)cc2o1. The van der Waals surface area contributed by atoms with Gasteiger partial charge in [-0.2, -0.15) is 0 Å². The molecule has 5 nitrogen and oxygen atoms in total. The number of carboxylic acids is 1. The molecule has 0 amide bonds. The van der Waals surface area contributed by atoms with Gasteiger partial charge in [-0.25, -0.2) is 9.78 Å². The molecule has 0 aliphatic carbocycles. The Labute approximate surface area is 111 Å². The molecule has 19 heavy (non-hydrogen) atoms. The summed E-state index contributed by atoms with van der Waals surface area (Å²) >= 11 is 0. The van der Waals surface area contributed by atoms with E-state index in [2.05, 4.69) is 4.98 Å². The van der Waals surface area contributed by atoms with Crippen molar-refractivity contribution >= 4 is 17.1 Å². The second kappa shape index (κ2) is 4.57. The van der Waals surface area contributed by atoms with E-state index in [0.717, 1.165) is 5.52 Å². The van der Waals surface area contributed by atoms with Crippen LogP contribution in [0.3, 0.4) is 0 Å². The van der Waals surface area contributed by atoms with Gasteiger partial charge in [0.25, 0.3) is 0 Å². The molecule has 0 saturated heterocycles. The Hall–Kier alpha value is -2.04. The third-order valence-electron chi connectivity index (χ3n) is 2.76. The van der Waals surface area contributed by atoms with E-state index in [1.54, 1.807) is 18.2 Å². The first-order valence-electron chi connectivity index (χ1n) is 6.12. The molecule has 0 radical (unpaired) electrons. The van der Waals surface area contributed by atoms with E-state index in [4.69, 9.17) is 14.3 Å². The summed E-state index contributed by atoms with van der Waals surface area (Å²) < 4.78 is 11.1. The fourth-order valence-corrected chi connectivity index (χ4v) is 1.57. The quantitative estimate of drug-likeness (QED) is 0.917. The molecule has 0 unspecified atom stereocenters. The van der Waals surface area contributed by atoms with Gasteiger partial charge in [0, 0.05) is 12.0 Å². The number of aliphatic carboxylic acids is 1. The van der Waals surface area contributed by atoms with Crippen molar-refractivity contribution < 1.29 is 19.1 Å². The molecule has 0 fully saturated rings. The van der Waals surface area contributed by atoms with Gasteiger partial charge in [0.05, 0.1) is 0 Å². The van der Waals surface area contributed by atoms with Crippen molar-refractivity contribution in [3.8, 4) is 5.75 Å². The van der Waals surface area contributed by atoms with Gasteiger partial charge in [-0.3, -0.25) is 0 Å². The van der Waals surface area contributed by atoms with Gasteiger partial charge in [-0.15, -0.1) is 0 Å². The fourth-order valence-electron chi connectivity index (χ4n) is 1.57. The molecule has 1 heterocycles. The van der Waals surface area contributed by atoms with Crippen LogP contribution in [0.2, 0.25) is 0 Å². The van der Waals surface area contributed by atoms with E-state index in [0.29, 0.717) is 17.2 Å². The Morgan fingerprint density at radius 1 is 1.42 bits per heavy atom. The zero-order valence-electron chi connectivity index (χ0n) is 11.4. The lowest BCUT2D eigenvalue weighted by Gasteiger charge is -2.21. The average Bonchev–Trinajstić information content (AvgIpc) is 2.71. The van der Waals surface area contributed by atoms with Crippen molar-refractivity contribution in [3.63, 3.8) is 0 Å². The van der Waals surface area contributed by atoms with Gasteiger partial charge in [-0.05, 0) is 26.0 Å². The van der Waals surface area contributed by atoms with Crippen LogP contribution < -0.4 is 4.74 Å². The third kappa shape index (κ3) is 2.70. The number of oxazole rings is 1. The molecule has 0 bridgehead atoms. The minimum absolute atomic E-state index is 0.201. The second-order valence-electron chi connectivity index (χ2n) is 5.25. The first-order valence-corrected chi connectivity index (χ1v) is 6.12. The van der Waals surface area contributed by atoms with Crippen LogP contribution in [-0.4, -0.2) is 21.7 Å². The van der Waals surface area contributed by atoms with Crippen LogP contribution in [0.4, 0.5) is 0 Å². The Bertz CT molecular complexity index is 613. The number of fused-ring (bicyclic) bond motifs is 1. The number of nitrogens with zero attached hydrogens (tertiary/aromatic N) is 1. The number of rotatable bonds is 4. The van der Waals surface area contributed by atoms with Crippen molar-refractivity contribution in [2.75, 3.05) is 0 Å². The topological polar surface area (TPSA) is 72.6 Å². The second-order valence-corrected chi connectivity index (χ2v) is 5.25. The normalized spacial score (nSPS) is 12.1. The van der Waals surface area contributed by atoms with Crippen LogP contribution >= 0.6 is 0 Å². The molecule has 1 aromatic carbocycles. The van der Waals surface area contributed by atoms with Crippen LogP contribution in [0.15, 0.2) is 22.6 Å². The number of carboxylic acid groups (broad SMARTS) is 1. The van der Waals surface area contributed by atoms with Gasteiger partial charge in [0.15, 0.2) is 17.1 Å². The van der Waals surface area contributed by atoms with E-state index >= 15 is 0 Å². The van der Waals surface area contributed by atoms with Crippen LogP contribution in [0, 0.1) is 0 Å². The molecule has 102 valence electrons. The van der Waals surface area contributed by atoms with E-state index in [1.165, 1.54) is 13.8 Å². The first kappa shape index (κ1) is 13.4. The smallest absolute Gasteiger partial charge is 0.347 e. The number of benzene rings is 1. The van der Waals surface area contributed by atoms with Gasteiger partial charge in [0.2, 0.25) is 0 Å². The first-order chi connectivity index (χ1) is 8.79. The van der Waals surface area contributed by atoms with Crippen LogP contribution in [0.25, 0.3) is 11.1 Å². The van der Waals surface area contributed by atoms with E-state index in [9.17, 15) is 4.79 Å². The lowest BCUT2D eigenvalue weighted by Crippen LogP contribution is -2.37. The zero-order valence-corrected chi connectivity index (χ0v) is 11.4. The highest BCUT2D eigenvalue weighted by molar-refractivity contribution is 5.78. The summed E-state index contributed by atoms with van der Waals surface area (Å²) in [6.07, 6.45) is 0. The number of carbonyl (C=O) groups is 1. The average molecular weight is 263 g/mol. The molecular formula is C14H17NO4. The minimum atomic E-state index is -1.28. The third-order valence-corrected chi connectivity index (χ3v) is 2.76. The Morgan fingerprint density at radius 2 is 2.11 bits per heavy atom. The highest BCUT2D eigenvalue weighted by atomic mass is 16.5. The number of hydrogen-bond donors (Lipinski definition) is 1. The Balaban J connectivity index is 2.34. The van der Waals surface area contributed by atoms with Crippen LogP contribution in [-0.2, 0) is 4.79 Å². The lowest BCUT2D eigenvalue weighted by molar-refractivity contribution is -0.152. The minimum Gasteiger partial charge on any atom is -0.478 e. The molecule has 0 spiro atoms. The summed E-state index contributed by atoms with van der Waals surface area (Å²) in [7, 11) is 0.